The van der Waals surface area contributed by atoms with Crippen LogP contribution in [0.25, 0.3) is 0 Å². The summed E-state index contributed by atoms with van der Waals surface area (Å²) in [5, 5.41) is 49.2. The molecule has 2 aromatic carbocycles. The van der Waals surface area contributed by atoms with Gasteiger partial charge >= 0.3 is 30.0 Å². The summed E-state index contributed by atoms with van der Waals surface area (Å²) in [6.45, 7) is 9.09. The molecule has 0 bridgehead atoms. The number of unbranched alkanes of at least 4 members (excludes halogenated alkanes) is 1. The molecular formula is C46H68N8O13. The number of benzene rings is 2. The molecule has 4 amide bonds. The van der Waals surface area contributed by atoms with Crippen LogP contribution in [0.5, 0.6) is 0 Å². The maximum Gasteiger partial charge on any atom is 0.407 e. The van der Waals surface area contributed by atoms with Crippen molar-refractivity contribution in [2.75, 3.05) is 85.1 Å². The van der Waals surface area contributed by atoms with Gasteiger partial charge in [-0.2, -0.15) is 0 Å². The van der Waals surface area contributed by atoms with Gasteiger partial charge in [0.15, 0.2) is 0 Å². The zero-order valence-electron chi connectivity index (χ0n) is 38.9. The Kier molecular flexibility index (Phi) is 23.2. The van der Waals surface area contributed by atoms with Crippen molar-refractivity contribution in [3.05, 3.63) is 71.3 Å². The summed E-state index contributed by atoms with van der Waals surface area (Å²) in [6, 6.07) is 12.5. The number of carboxylic acids is 4. The number of nitrogens with zero attached hydrogens (tertiary/aromatic N) is 4. The van der Waals surface area contributed by atoms with Crippen LogP contribution in [0.1, 0.15) is 68.4 Å². The molecule has 3 rings (SSSR count). The van der Waals surface area contributed by atoms with Crippen molar-refractivity contribution in [3.8, 4) is 0 Å². The minimum Gasteiger partial charge on any atom is -0.480 e. The number of hydrogen-bond acceptors (Lipinski definition) is 13. The van der Waals surface area contributed by atoms with E-state index >= 15 is 0 Å². The van der Waals surface area contributed by atoms with E-state index in [1.165, 1.54) is 0 Å². The molecule has 0 saturated carbocycles. The summed E-state index contributed by atoms with van der Waals surface area (Å²) in [7, 11) is 0. The van der Waals surface area contributed by atoms with E-state index in [4.69, 9.17) is 4.74 Å². The third-order valence-corrected chi connectivity index (χ3v) is 10.9. The molecule has 1 aliphatic rings. The van der Waals surface area contributed by atoms with Crippen LogP contribution in [0.4, 0.5) is 4.79 Å². The standard InChI is InChI=1S/C46H68N8O13/c1-5-51-19-20-52(29-39(56)57)21-22-53(30-40(58)59)28-35(54(24-23-51)31-41(60)61)25-33-14-16-34(17-15-33)42(62)50-37(26-32-11-7-6-8-12-32)43(63)48-27-38(55)49-36(44(64)65)13-9-10-18-47-45(66)67-46(2,3)4/h6-8,11-12,14-17,35-37H,5,9-10,13,18-31H2,1-4H3,(H,47,66)(H,48,63)(H,49,55)(H,50,62)(H,56,57)(H,58,59)(H,60,61)(H,64,65). The molecule has 1 aliphatic heterocycles. The van der Waals surface area contributed by atoms with E-state index in [0.29, 0.717) is 51.1 Å². The number of carbonyl (C=O) groups excluding carboxylic acids is 4. The highest BCUT2D eigenvalue weighted by Crippen LogP contribution is 2.15. The van der Waals surface area contributed by atoms with Gasteiger partial charge in [0, 0.05) is 70.4 Å². The second-order valence-electron chi connectivity index (χ2n) is 17.5. The van der Waals surface area contributed by atoms with Gasteiger partial charge in [0.2, 0.25) is 11.8 Å². The van der Waals surface area contributed by atoms with Crippen LogP contribution in [0, 0.1) is 0 Å². The van der Waals surface area contributed by atoms with E-state index < -0.39 is 78.0 Å². The van der Waals surface area contributed by atoms with Crippen LogP contribution in [0.2, 0.25) is 0 Å². The first-order chi connectivity index (χ1) is 31.7. The number of amides is 4. The quantitative estimate of drug-likeness (QED) is 0.0716. The number of nitrogens with one attached hydrogen (secondary N) is 4. The fraction of sp³-hybridized carbons (Fsp3) is 0.565. The Morgan fingerprint density at radius 3 is 1.88 bits per heavy atom. The van der Waals surface area contributed by atoms with E-state index in [0.717, 1.165) is 5.56 Å². The Morgan fingerprint density at radius 2 is 1.28 bits per heavy atom. The number of alkyl carbamates (subject to hydrolysis) is 1. The number of ether oxygens (including phenoxy) is 1. The smallest absolute Gasteiger partial charge is 0.407 e. The topological polar surface area (TPSA) is 288 Å². The van der Waals surface area contributed by atoms with Gasteiger partial charge in [-0.3, -0.25) is 43.5 Å². The molecule has 67 heavy (non-hydrogen) atoms. The summed E-state index contributed by atoms with van der Waals surface area (Å²) < 4.78 is 5.18. The lowest BCUT2D eigenvalue weighted by Crippen LogP contribution is -2.53. The number of hydrogen-bond donors (Lipinski definition) is 8. The number of carboxylic acid groups (broad SMARTS) is 4. The Hall–Kier alpha value is -6.16. The van der Waals surface area contributed by atoms with Gasteiger partial charge in [0.1, 0.15) is 17.7 Å². The van der Waals surface area contributed by atoms with E-state index in [1.807, 2.05) is 6.92 Å². The lowest BCUT2D eigenvalue weighted by Gasteiger charge is -2.37. The number of rotatable bonds is 23. The molecule has 0 spiro atoms. The second kappa shape index (κ2) is 28.1. The maximum atomic E-state index is 13.7. The molecule has 0 radical (unpaired) electrons. The van der Waals surface area contributed by atoms with Crippen molar-refractivity contribution in [2.45, 2.75) is 83.5 Å². The minimum absolute atomic E-state index is 0.0602. The predicted octanol–water partition coefficient (Wildman–Crippen LogP) is 0.815. The van der Waals surface area contributed by atoms with Crippen molar-refractivity contribution in [1.29, 1.82) is 0 Å². The van der Waals surface area contributed by atoms with Crippen LogP contribution >= 0.6 is 0 Å². The molecule has 8 N–H and O–H groups in total. The Labute approximate surface area is 391 Å². The Morgan fingerprint density at radius 1 is 0.687 bits per heavy atom. The van der Waals surface area contributed by atoms with Crippen LogP contribution in [-0.4, -0.2) is 197 Å². The number of likely N-dealkylation sites (N-methyl/N-ethyl adjacent to an activating group) is 1. The van der Waals surface area contributed by atoms with Crippen LogP contribution in [-0.2, 0) is 46.3 Å². The van der Waals surface area contributed by atoms with Gasteiger partial charge in [-0.15, -0.1) is 0 Å². The van der Waals surface area contributed by atoms with Crippen molar-refractivity contribution >= 4 is 47.7 Å². The van der Waals surface area contributed by atoms with Gasteiger partial charge in [-0.05, 0) is 76.3 Å². The Balaban J connectivity index is 1.72. The third-order valence-electron chi connectivity index (χ3n) is 10.9. The van der Waals surface area contributed by atoms with Crippen LogP contribution in [0.3, 0.4) is 0 Å². The van der Waals surface area contributed by atoms with E-state index in [9.17, 15) is 58.8 Å². The molecule has 0 aromatic heterocycles. The van der Waals surface area contributed by atoms with Crippen molar-refractivity contribution < 1.29 is 63.5 Å². The molecular weight excluding hydrogens is 873 g/mol. The molecule has 0 aliphatic carbocycles. The molecule has 3 unspecified atom stereocenters. The summed E-state index contributed by atoms with van der Waals surface area (Å²) in [6.07, 6.45) is 0.590. The summed E-state index contributed by atoms with van der Waals surface area (Å²) in [5.41, 5.74) is 0.968. The van der Waals surface area contributed by atoms with Gasteiger partial charge < -0.3 is 51.3 Å². The average molecular weight is 941 g/mol. The third kappa shape index (κ3) is 22.3. The molecule has 1 heterocycles. The molecule has 2 aromatic rings. The van der Waals surface area contributed by atoms with Gasteiger partial charge in [0.25, 0.3) is 5.91 Å². The summed E-state index contributed by atoms with van der Waals surface area (Å²) >= 11 is 0. The fourth-order valence-corrected chi connectivity index (χ4v) is 7.46. The molecule has 3 atom stereocenters. The van der Waals surface area contributed by atoms with Gasteiger partial charge in [0.05, 0.1) is 26.2 Å². The lowest BCUT2D eigenvalue weighted by atomic mass is 10.0. The highest BCUT2D eigenvalue weighted by Gasteiger charge is 2.28. The summed E-state index contributed by atoms with van der Waals surface area (Å²) in [5.74, 6) is -6.46. The zero-order chi connectivity index (χ0) is 49.5. The van der Waals surface area contributed by atoms with Crippen LogP contribution in [0.15, 0.2) is 54.6 Å². The number of carbonyl (C=O) groups is 8. The first-order valence-corrected chi connectivity index (χ1v) is 22.5. The second-order valence-corrected chi connectivity index (χ2v) is 17.5. The molecule has 370 valence electrons. The van der Waals surface area contributed by atoms with Crippen molar-refractivity contribution in [3.63, 3.8) is 0 Å². The van der Waals surface area contributed by atoms with E-state index in [-0.39, 0.29) is 70.6 Å². The van der Waals surface area contributed by atoms with Gasteiger partial charge in [-0.1, -0.05) is 49.4 Å². The van der Waals surface area contributed by atoms with E-state index in [1.54, 1.807) is 90.1 Å². The largest absolute Gasteiger partial charge is 0.480 e. The molecule has 21 heteroatoms. The first-order valence-electron chi connectivity index (χ1n) is 22.5. The average Bonchev–Trinajstić information content (AvgIpc) is 3.24. The van der Waals surface area contributed by atoms with Gasteiger partial charge in [-0.25, -0.2) is 9.59 Å². The van der Waals surface area contributed by atoms with Crippen LogP contribution < -0.4 is 21.3 Å². The molecule has 1 fully saturated rings. The minimum atomic E-state index is -1.27. The fourth-order valence-electron chi connectivity index (χ4n) is 7.46. The van der Waals surface area contributed by atoms with Crippen molar-refractivity contribution in [1.82, 2.24) is 40.9 Å². The normalized spacial score (nSPS) is 16.8. The highest BCUT2D eigenvalue weighted by atomic mass is 16.6. The summed E-state index contributed by atoms with van der Waals surface area (Å²) in [4.78, 5) is 107. The molecule has 21 nitrogen and oxygen atoms in total. The zero-order valence-corrected chi connectivity index (χ0v) is 38.9. The number of aliphatic carboxylic acids is 4. The first kappa shape index (κ1) is 55.2. The predicted molar refractivity (Wildman–Crippen MR) is 245 cm³/mol. The molecule has 1 saturated heterocycles. The monoisotopic (exact) mass is 940 g/mol. The lowest BCUT2D eigenvalue weighted by molar-refractivity contribution is -0.142. The maximum absolute atomic E-state index is 13.7. The Bertz CT molecular complexity index is 1950. The van der Waals surface area contributed by atoms with E-state index in [2.05, 4.69) is 26.2 Å². The SMILES string of the molecule is CCN1CCN(CC(=O)O)CCN(CC(=O)O)CC(Cc2ccc(C(=O)NC(Cc3ccccc3)C(=O)NCC(=O)NC(CCCCNC(=O)OC(C)(C)C)C(=O)O)cc2)N(CC(=O)O)CC1. The van der Waals surface area contributed by atoms with Crippen molar-refractivity contribution in [2.24, 2.45) is 0 Å². The highest BCUT2D eigenvalue weighted by molar-refractivity contribution is 5.98.